The average molecular weight is 185 g/mol. The minimum absolute atomic E-state index is 0.830. The fourth-order valence-electron chi connectivity index (χ4n) is 1.84. The minimum Gasteiger partial charge on any atom is -0.303 e. The molecule has 0 saturated heterocycles. The second-order valence-electron chi connectivity index (χ2n) is 4.31. The average Bonchev–Trinajstić information content (AvgIpc) is 2.11. The van der Waals surface area contributed by atoms with E-state index in [1.165, 1.54) is 32.5 Å². The third-order valence-corrected chi connectivity index (χ3v) is 2.95. The first kappa shape index (κ1) is 13.0. The van der Waals surface area contributed by atoms with Gasteiger partial charge in [-0.1, -0.05) is 41.0 Å². The lowest BCUT2D eigenvalue weighted by molar-refractivity contribution is 0.205. The van der Waals surface area contributed by atoms with Gasteiger partial charge in [0.05, 0.1) is 0 Å². The zero-order chi connectivity index (χ0) is 10.3. The highest BCUT2D eigenvalue weighted by molar-refractivity contribution is 4.66. The van der Waals surface area contributed by atoms with Crippen molar-refractivity contribution in [2.75, 3.05) is 19.6 Å². The quantitative estimate of drug-likeness (QED) is 0.587. The lowest BCUT2D eigenvalue weighted by atomic mass is 9.93. The second-order valence-corrected chi connectivity index (χ2v) is 4.31. The van der Waals surface area contributed by atoms with Gasteiger partial charge >= 0.3 is 0 Å². The summed E-state index contributed by atoms with van der Waals surface area (Å²) in [5, 5.41) is 0. The third kappa shape index (κ3) is 5.30. The van der Waals surface area contributed by atoms with E-state index in [9.17, 15) is 0 Å². The van der Waals surface area contributed by atoms with Gasteiger partial charge in [0.2, 0.25) is 0 Å². The Morgan fingerprint density at radius 3 is 2.00 bits per heavy atom. The van der Waals surface area contributed by atoms with Crippen LogP contribution in [0.2, 0.25) is 0 Å². The van der Waals surface area contributed by atoms with E-state index in [0.717, 1.165) is 11.8 Å². The van der Waals surface area contributed by atoms with Crippen LogP contribution in [0, 0.1) is 11.8 Å². The maximum Gasteiger partial charge on any atom is 0.00119 e. The summed E-state index contributed by atoms with van der Waals surface area (Å²) in [6, 6.07) is 0. The molecule has 0 N–H and O–H groups in total. The zero-order valence-electron chi connectivity index (χ0n) is 10.1. The molecule has 0 unspecified atom stereocenters. The summed E-state index contributed by atoms with van der Waals surface area (Å²) < 4.78 is 0. The van der Waals surface area contributed by atoms with Crippen LogP contribution in [0.5, 0.6) is 0 Å². The van der Waals surface area contributed by atoms with Crippen LogP contribution in [-0.2, 0) is 0 Å². The largest absolute Gasteiger partial charge is 0.303 e. The lowest BCUT2D eigenvalue weighted by Crippen LogP contribution is -2.32. The van der Waals surface area contributed by atoms with Crippen LogP contribution in [0.25, 0.3) is 0 Å². The molecule has 0 spiro atoms. The normalized spacial score (nSPS) is 14.1. The molecule has 0 bridgehead atoms. The Hall–Kier alpha value is -0.0400. The van der Waals surface area contributed by atoms with Gasteiger partial charge in [0, 0.05) is 6.54 Å². The van der Waals surface area contributed by atoms with Crippen LogP contribution in [-0.4, -0.2) is 24.5 Å². The molecule has 0 aromatic heterocycles. The highest BCUT2D eigenvalue weighted by atomic mass is 15.1. The van der Waals surface area contributed by atoms with Crippen LogP contribution < -0.4 is 0 Å². The molecular formula is C12H27N. The number of nitrogens with zero attached hydrogens (tertiary/aromatic N) is 1. The molecule has 0 aromatic rings. The first-order valence-electron chi connectivity index (χ1n) is 5.87. The van der Waals surface area contributed by atoms with Crippen LogP contribution in [0.1, 0.15) is 47.5 Å². The van der Waals surface area contributed by atoms with Crippen molar-refractivity contribution >= 4 is 0 Å². The maximum absolute atomic E-state index is 2.58. The van der Waals surface area contributed by atoms with Gasteiger partial charge in [-0.25, -0.2) is 0 Å². The van der Waals surface area contributed by atoms with Gasteiger partial charge in [-0.2, -0.15) is 0 Å². The summed E-state index contributed by atoms with van der Waals surface area (Å²) in [5.74, 6) is 1.71. The Labute approximate surface area is 84.5 Å². The molecule has 0 radical (unpaired) electrons. The monoisotopic (exact) mass is 185 g/mol. The summed E-state index contributed by atoms with van der Waals surface area (Å²) in [7, 11) is 0. The number of hydrogen-bond donors (Lipinski definition) is 0. The predicted molar refractivity (Wildman–Crippen MR) is 61.0 cm³/mol. The predicted octanol–water partition coefficient (Wildman–Crippen LogP) is 3.40. The SMILES string of the molecule is CCCN(CC)C[C@@H](CC)C(C)C. The van der Waals surface area contributed by atoms with Crippen molar-refractivity contribution in [3.05, 3.63) is 0 Å². The van der Waals surface area contributed by atoms with Crippen LogP contribution >= 0.6 is 0 Å². The Bertz CT molecular complexity index is 110. The van der Waals surface area contributed by atoms with Crippen molar-refractivity contribution in [1.29, 1.82) is 0 Å². The van der Waals surface area contributed by atoms with Crippen molar-refractivity contribution in [2.24, 2.45) is 11.8 Å². The molecule has 0 aliphatic rings. The molecule has 0 aliphatic heterocycles. The summed E-state index contributed by atoms with van der Waals surface area (Å²) in [5.41, 5.74) is 0. The highest BCUT2D eigenvalue weighted by Gasteiger charge is 2.13. The summed E-state index contributed by atoms with van der Waals surface area (Å²) >= 11 is 0. The molecule has 0 aromatic carbocycles. The van der Waals surface area contributed by atoms with Gasteiger partial charge < -0.3 is 4.90 Å². The number of rotatable bonds is 7. The van der Waals surface area contributed by atoms with Crippen LogP contribution in [0.4, 0.5) is 0 Å². The van der Waals surface area contributed by atoms with E-state index in [1.807, 2.05) is 0 Å². The van der Waals surface area contributed by atoms with E-state index >= 15 is 0 Å². The summed E-state index contributed by atoms with van der Waals surface area (Å²) in [4.78, 5) is 2.58. The second kappa shape index (κ2) is 7.37. The molecule has 80 valence electrons. The van der Waals surface area contributed by atoms with Gasteiger partial charge in [-0.15, -0.1) is 0 Å². The fourth-order valence-corrected chi connectivity index (χ4v) is 1.84. The Morgan fingerprint density at radius 1 is 1.08 bits per heavy atom. The molecule has 0 rings (SSSR count). The maximum atomic E-state index is 2.58. The van der Waals surface area contributed by atoms with Gasteiger partial charge in [0.15, 0.2) is 0 Å². The molecule has 0 amide bonds. The topological polar surface area (TPSA) is 3.24 Å². The number of hydrogen-bond acceptors (Lipinski definition) is 1. The van der Waals surface area contributed by atoms with Crippen molar-refractivity contribution in [3.8, 4) is 0 Å². The first-order valence-corrected chi connectivity index (χ1v) is 5.87. The third-order valence-electron chi connectivity index (χ3n) is 2.95. The summed E-state index contributed by atoms with van der Waals surface area (Å²) in [6.07, 6.45) is 2.60. The zero-order valence-corrected chi connectivity index (χ0v) is 10.1. The first-order chi connectivity index (χ1) is 6.15. The van der Waals surface area contributed by atoms with Gasteiger partial charge in [-0.05, 0) is 31.3 Å². The fraction of sp³-hybridized carbons (Fsp3) is 1.00. The Morgan fingerprint density at radius 2 is 1.69 bits per heavy atom. The van der Waals surface area contributed by atoms with E-state index in [4.69, 9.17) is 0 Å². The molecule has 0 aliphatic carbocycles. The van der Waals surface area contributed by atoms with Gasteiger partial charge in [0.25, 0.3) is 0 Å². The van der Waals surface area contributed by atoms with Crippen molar-refractivity contribution < 1.29 is 0 Å². The van der Waals surface area contributed by atoms with Crippen molar-refractivity contribution in [3.63, 3.8) is 0 Å². The molecule has 13 heavy (non-hydrogen) atoms. The smallest absolute Gasteiger partial charge is 0.00119 e. The van der Waals surface area contributed by atoms with E-state index in [1.54, 1.807) is 0 Å². The lowest BCUT2D eigenvalue weighted by Gasteiger charge is -2.27. The van der Waals surface area contributed by atoms with Crippen LogP contribution in [0.15, 0.2) is 0 Å². The molecule has 1 atom stereocenters. The molecular weight excluding hydrogens is 158 g/mol. The standard InChI is InChI=1S/C12H27N/c1-6-9-13(8-3)10-12(7-2)11(4)5/h11-12H,6-10H2,1-5H3/t12-/m1/s1. The van der Waals surface area contributed by atoms with E-state index in [2.05, 4.69) is 39.5 Å². The van der Waals surface area contributed by atoms with Crippen molar-refractivity contribution in [1.82, 2.24) is 4.90 Å². The van der Waals surface area contributed by atoms with Gasteiger partial charge in [0.1, 0.15) is 0 Å². The molecule has 0 fully saturated rings. The van der Waals surface area contributed by atoms with E-state index in [0.29, 0.717) is 0 Å². The van der Waals surface area contributed by atoms with Crippen LogP contribution in [0.3, 0.4) is 0 Å². The Kier molecular flexibility index (Phi) is 7.35. The molecule has 0 saturated carbocycles. The highest BCUT2D eigenvalue weighted by Crippen LogP contribution is 2.16. The molecule has 1 heteroatoms. The molecule has 1 nitrogen and oxygen atoms in total. The van der Waals surface area contributed by atoms with Gasteiger partial charge in [-0.3, -0.25) is 0 Å². The minimum atomic E-state index is 0.830. The van der Waals surface area contributed by atoms with Crippen molar-refractivity contribution in [2.45, 2.75) is 47.5 Å². The van der Waals surface area contributed by atoms with E-state index in [-0.39, 0.29) is 0 Å². The molecule has 0 heterocycles. The Balaban J connectivity index is 3.87. The summed E-state index contributed by atoms with van der Waals surface area (Å²) in [6.45, 7) is 15.3. The van der Waals surface area contributed by atoms with E-state index < -0.39 is 0 Å².